The molecule has 5 nitrogen and oxygen atoms in total. The third-order valence-corrected chi connectivity index (χ3v) is 5.12. The smallest absolute Gasteiger partial charge is 0.0967 e. The Morgan fingerprint density at radius 3 is 2.68 bits per heavy atom. The van der Waals surface area contributed by atoms with E-state index in [1.165, 1.54) is 18.4 Å². The maximum atomic E-state index is 10.0. The Kier molecular flexibility index (Phi) is 6.59. The highest BCUT2D eigenvalue weighted by molar-refractivity contribution is 5.20. The van der Waals surface area contributed by atoms with E-state index in [4.69, 9.17) is 0 Å². The van der Waals surface area contributed by atoms with Crippen LogP contribution in [0.1, 0.15) is 56.2 Å². The van der Waals surface area contributed by atoms with E-state index in [2.05, 4.69) is 52.5 Å². The molecule has 25 heavy (non-hydrogen) atoms. The van der Waals surface area contributed by atoms with Crippen LogP contribution in [0.5, 0.6) is 0 Å². The number of piperidine rings is 1. The molecule has 1 aromatic heterocycles. The molecule has 0 amide bonds. The molecule has 1 aromatic carbocycles. The Bertz CT molecular complexity index is 620. The van der Waals surface area contributed by atoms with Crippen LogP contribution in [0.25, 0.3) is 0 Å². The Labute approximate surface area is 150 Å². The van der Waals surface area contributed by atoms with Gasteiger partial charge in [0.2, 0.25) is 0 Å². The first-order chi connectivity index (χ1) is 12.2. The van der Waals surface area contributed by atoms with E-state index >= 15 is 0 Å². The van der Waals surface area contributed by atoms with E-state index in [0.717, 1.165) is 44.6 Å². The number of hydrogen-bond donors (Lipinski definition) is 1. The first-order valence-corrected chi connectivity index (χ1v) is 9.59. The average molecular weight is 342 g/mol. The summed E-state index contributed by atoms with van der Waals surface area (Å²) in [7, 11) is 0. The third-order valence-electron chi connectivity index (χ3n) is 5.12. The molecule has 1 N–H and O–H groups in total. The van der Waals surface area contributed by atoms with Gasteiger partial charge in [-0.2, -0.15) is 0 Å². The van der Waals surface area contributed by atoms with Gasteiger partial charge in [0, 0.05) is 12.7 Å². The predicted molar refractivity (Wildman–Crippen MR) is 99.2 cm³/mol. The molecule has 0 saturated carbocycles. The normalized spacial score (nSPS) is 17.7. The molecule has 136 valence electrons. The minimum absolute atomic E-state index is 0.323. The molecule has 1 aliphatic heterocycles. The summed E-state index contributed by atoms with van der Waals surface area (Å²) in [5.74, 6) is 0.682. The van der Waals surface area contributed by atoms with Gasteiger partial charge in [-0.3, -0.25) is 4.90 Å². The number of aromatic nitrogens is 3. The van der Waals surface area contributed by atoms with Crippen molar-refractivity contribution in [2.45, 2.75) is 64.1 Å². The molecule has 1 saturated heterocycles. The molecule has 2 heterocycles. The van der Waals surface area contributed by atoms with Crippen molar-refractivity contribution in [2.24, 2.45) is 0 Å². The number of unbranched alkanes of at least 4 members (excludes halogenated alkanes) is 1. The Morgan fingerprint density at radius 1 is 1.20 bits per heavy atom. The molecule has 1 fully saturated rings. The van der Waals surface area contributed by atoms with Crippen LogP contribution < -0.4 is 0 Å². The lowest BCUT2D eigenvalue weighted by atomic mass is 9.89. The second-order valence-electron chi connectivity index (χ2n) is 7.19. The van der Waals surface area contributed by atoms with Crippen molar-refractivity contribution in [2.75, 3.05) is 13.1 Å². The molecule has 0 aliphatic carbocycles. The number of hydrogen-bond acceptors (Lipinski definition) is 4. The van der Waals surface area contributed by atoms with Gasteiger partial charge in [0.05, 0.1) is 18.3 Å². The lowest BCUT2D eigenvalue weighted by Crippen LogP contribution is -2.32. The number of nitrogens with zero attached hydrogens (tertiary/aromatic N) is 4. The summed E-state index contributed by atoms with van der Waals surface area (Å²) in [5, 5.41) is 18.5. The van der Waals surface area contributed by atoms with Crippen LogP contribution in [0, 0.1) is 0 Å². The van der Waals surface area contributed by atoms with Gasteiger partial charge in [0.15, 0.2) is 0 Å². The maximum Gasteiger partial charge on any atom is 0.0967 e. The summed E-state index contributed by atoms with van der Waals surface area (Å²) in [4.78, 5) is 2.46. The van der Waals surface area contributed by atoms with Crippen molar-refractivity contribution in [3.8, 4) is 0 Å². The van der Waals surface area contributed by atoms with Crippen molar-refractivity contribution >= 4 is 0 Å². The molecular formula is C20H30N4O. The second kappa shape index (κ2) is 9.11. The van der Waals surface area contributed by atoms with Crippen molar-refractivity contribution in [1.82, 2.24) is 19.9 Å². The monoisotopic (exact) mass is 342 g/mol. The Balaban J connectivity index is 1.45. The van der Waals surface area contributed by atoms with Crippen LogP contribution in [0.4, 0.5) is 0 Å². The van der Waals surface area contributed by atoms with Crippen molar-refractivity contribution in [3.05, 3.63) is 47.8 Å². The fourth-order valence-electron chi connectivity index (χ4n) is 3.63. The molecule has 1 atom stereocenters. The molecule has 0 spiro atoms. The summed E-state index contributed by atoms with van der Waals surface area (Å²) >= 11 is 0. The van der Waals surface area contributed by atoms with Gasteiger partial charge in [-0.15, -0.1) is 5.10 Å². The van der Waals surface area contributed by atoms with Gasteiger partial charge < -0.3 is 5.11 Å². The number of aliphatic hydroxyl groups is 1. The van der Waals surface area contributed by atoms with Gasteiger partial charge in [0.1, 0.15) is 0 Å². The zero-order valence-electron chi connectivity index (χ0n) is 15.2. The highest BCUT2D eigenvalue weighted by Crippen LogP contribution is 2.28. The Morgan fingerprint density at radius 2 is 1.96 bits per heavy atom. The Hall–Kier alpha value is -1.72. The molecular weight excluding hydrogens is 312 g/mol. The van der Waals surface area contributed by atoms with Crippen molar-refractivity contribution < 1.29 is 5.11 Å². The van der Waals surface area contributed by atoms with Crippen LogP contribution in [-0.4, -0.2) is 44.2 Å². The number of likely N-dealkylation sites (tertiary alicyclic amines) is 1. The SMILES string of the molecule is CCCCC(O)Cn1cc(CN2CCC(c3ccccc3)CC2)nn1. The highest BCUT2D eigenvalue weighted by atomic mass is 16.3. The number of rotatable bonds is 8. The van der Waals surface area contributed by atoms with E-state index < -0.39 is 0 Å². The predicted octanol–water partition coefficient (Wildman–Crippen LogP) is 3.21. The first kappa shape index (κ1) is 18.1. The average Bonchev–Trinajstić information content (AvgIpc) is 3.08. The third kappa shape index (κ3) is 5.38. The zero-order valence-corrected chi connectivity index (χ0v) is 15.2. The summed E-state index contributed by atoms with van der Waals surface area (Å²) in [6, 6.07) is 10.8. The number of aliphatic hydroxyl groups excluding tert-OH is 1. The molecule has 2 aromatic rings. The summed E-state index contributed by atoms with van der Waals surface area (Å²) < 4.78 is 1.78. The van der Waals surface area contributed by atoms with Gasteiger partial charge in [-0.05, 0) is 43.8 Å². The topological polar surface area (TPSA) is 54.2 Å². The van der Waals surface area contributed by atoms with Crippen LogP contribution in [0.15, 0.2) is 36.5 Å². The van der Waals surface area contributed by atoms with Gasteiger partial charge in [-0.1, -0.05) is 55.3 Å². The van der Waals surface area contributed by atoms with Crippen molar-refractivity contribution in [3.63, 3.8) is 0 Å². The van der Waals surface area contributed by atoms with E-state index in [9.17, 15) is 5.11 Å². The van der Waals surface area contributed by atoms with Crippen LogP contribution in [-0.2, 0) is 13.1 Å². The lowest BCUT2D eigenvalue weighted by molar-refractivity contribution is 0.136. The quantitative estimate of drug-likeness (QED) is 0.800. The fourth-order valence-corrected chi connectivity index (χ4v) is 3.63. The maximum absolute atomic E-state index is 10.0. The van der Waals surface area contributed by atoms with Crippen molar-refractivity contribution in [1.29, 1.82) is 0 Å². The molecule has 0 radical (unpaired) electrons. The van der Waals surface area contributed by atoms with Gasteiger partial charge in [-0.25, -0.2) is 4.68 Å². The largest absolute Gasteiger partial charge is 0.391 e. The summed E-state index contributed by atoms with van der Waals surface area (Å²) in [5.41, 5.74) is 2.47. The first-order valence-electron chi connectivity index (χ1n) is 9.59. The minimum Gasteiger partial charge on any atom is -0.391 e. The van der Waals surface area contributed by atoms with E-state index in [0.29, 0.717) is 12.5 Å². The van der Waals surface area contributed by atoms with Crippen LogP contribution in [0.2, 0.25) is 0 Å². The van der Waals surface area contributed by atoms with Gasteiger partial charge >= 0.3 is 0 Å². The number of benzene rings is 1. The molecule has 0 bridgehead atoms. The molecule has 1 aliphatic rings. The second-order valence-corrected chi connectivity index (χ2v) is 7.19. The highest BCUT2D eigenvalue weighted by Gasteiger charge is 2.21. The molecule has 1 unspecified atom stereocenters. The lowest BCUT2D eigenvalue weighted by Gasteiger charge is -2.31. The van der Waals surface area contributed by atoms with Crippen LogP contribution >= 0.6 is 0 Å². The van der Waals surface area contributed by atoms with E-state index in [1.54, 1.807) is 4.68 Å². The molecule has 5 heteroatoms. The summed E-state index contributed by atoms with van der Waals surface area (Å²) in [6.45, 7) is 5.74. The fraction of sp³-hybridized carbons (Fsp3) is 0.600. The standard InChI is InChI=1S/C20H30N4O/c1-2-3-9-20(25)16-24-15-19(21-22-24)14-23-12-10-18(11-13-23)17-7-5-4-6-8-17/h4-8,15,18,20,25H,2-3,9-14,16H2,1H3. The summed E-state index contributed by atoms with van der Waals surface area (Å²) in [6.07, 6.45) is 7.06. The zero-order chi connectivity index (χ0) is 17.5. The van der Waals surface area contributed by atoms with E-state index in [1.807, 2.05) is 6.20 Å². The minimum atomic E-state index is -0.323. The van der Waals surface area contributed by atoms with E-state index in [-0.39, 0.29) is 6.10 Å². The van der Waals surface area contributed by atoms with Crippen LogP contribution in [0.3, 0.4) is 0 Å². The molecule has 3 rings (SSSR count). The van der Waals surface area contributed by atoms with Gasteiger partial charge in [0.25, 0.3) is 0 Å².